The van der Waals surface area contributed by atoms with Crippen LogP contribution in [0.5, 0.6) is 0 Å². The molecular formula is C18H21N. The molecular weight excluding hydrogens is 230 g/mol. The highest BCUT2D eigenvalue weighted by atomic mass is 14.6. The van der Waals surface area contributed by atoms with Crippen LogP contribution in [0.25, 0.3) is 17.0 Å². The van der Waals surface area contributed by atoms with E-state index in [-0.39, 0.29) is 0 Å². The molecule has 1 aliphatic rings. The van der Waals surface area contributed by atoms with Crippen molar-refractivity contribution in [2.24, 2.45) is 5.92 Å². The maximum Gasteiger partial charge on any atom is 0.0711 e. The maximum absolute atomic E-state index is 4.54. The number of aromatic nitrogens is 1. The minimum atomic E-state index is 0.512. The fraction of sp³-hybridized carbons (Fsp3) is 0.389. The molecule has 3 rings (SSSR count). The zero-order chi connectivity index (χ0) is 13.6. The van der Waals surface area contributed by atoms with Crippen molar-refractivity contribution in [3.05, 3.63) is 47.2 Å². The van der Waals surface area contributed by atoms with Crippen LogP contribution in [0.1, 0.15) is 56.2 Å². The van der Waals surface area contributed by atoms with Crippen molar-refractivity contribution in [3.63, 3.8) is 0 Å². The summed E-state index contributed by atoms with van der Waals surface area (Å²) < 4.78 is 0. The molecule has 0 spiro atoms. The van der Waals surface area contributed by atoms with Crippen LogP contribution >= 0.6 is 0 Å². The lowest BCUT2D eigenvalue weighted by atomic mass is 9.77. The highest BCUT2D eigenvalue weighted by molar-refractivity contribution is 5.94. The Balaban J connectivity index is 2.40. The van der Waals surface area contributed by atoms with Gasteiger partial charge in [0.1, 0.15) is 0 Å². The van der Waals surface area contributed by atoms with E-state index in [2.05, 4.69) is 63.0 Å². The first-order valence-electron chi connectivity index (χ1n) is 7.19. The molecule has 0 bridgehead atoms. The van der Waals surface area contributed by atoms with Crippen LogP contribution in [0, 0.1) is 5.92 Å². The third kappa shape index (κ3) is 1.88. The molecule has 1 heteroatoms. The average molecular weight is 251 g/mol. The third-order valence-electron chi connectivity index (χ3n) is 4.17. The molecule has 1 aromatic carbocycles. The summed E-state index contributed by atoms with van der Waals surface area (Å²) in [6.07, 6.45) is 6.55. The monoisotopic (exact) mass is 251 g/mol. The molecule has 0 aliphatic heterocycles. The lowest BCUT2D eigenvalue weighted by Gasteiger charge is -2.28. The molecule has 1 nitrogen and oxygen atoms in total. The molecule has 2 aromatic rings. The second-order valence-corrected chi connectivity index (χ2v) is 6.15. The van der Waals surface area contributed by atoms with Crippen LogP contribution in [-0.4, -0.2) is 4.98 Å². The lowest BCUT2D eigenvalue weighted by molar-refractivity contribution is 0.574. The first kappa shape index (κ1) is 12.4. The lowest BCUT2D eigenvalue weighted by Crippen LogP contribution is -2.12. The highest BCUT2D eigenvalue weighted by Gasteiger charge is 2.24. The SMILES string of the molecule is CC(C)c1ccc2nccc3c2c1C(C(C)C)C=C3. The zero-order valence-corrected chi connectivity index (χ0v) is 12.1. The Kier molecular flexibility index (Phi) is 2.93. The second kappa shape index (κ2) is 4.48. The molecule has 1 aliphatic carbocycles. The van der Waals surface area contributed by atoms with Gasteiger partial charge in [-0.2, -0.15) is 0 Å². The molecule has 98 valence electrons. The predicted octanol–water partition coefficient (Wildman–Crippen LogP) is 5.12. The summed E-state index contributed by atoms with van der Waals surface area (Å²) in [4.78, 5) is 4.54. The standard InChI is InChI=1S/C18H21N/c1-11(2)14-6-5-13-9-10-19-16-8-7-15(12(3)4)18(14)17(13)16/h5-12,14H,1-4H3. The van der Waals surface area contributed by atoms with Gasteiger partial charge in [0.2, 0.25) is 0 Å². The Morgan fingerprint density at radius 2 is 1.84 bits per heavy atom. The van der Waals surface area contributed by atoms with Crippen LogP contribution in [0.15, 0.2) is 30.5 Å². The van der Waals surface area contributed by atoms with E-state index in [4.69, 9.17) is 0 Å². The van der Waals surface area contributed by atoms with E-state index in [1.54, 1.807) is 0 Å². The molecule has 1 unspecified atom stereocenters. The van der Waals surface area contributed by atoms with Gasteiger partial charge in [-0.05, 0) is 40.7 Å². The normalized spacial score (nSPS) is 17.7. The summed E-state index contributed by atoms with van der Waals surface area (Å²) in [7, 11) is 0. The number of hydrogen-bond donors (Lipinski definition) is 0. The Hall–Kier alpha value is -1.63. The number of hydrogen-bond acceptors (Lipinski definition) is 1. The van der Waals surface area contributed by atoms with Crippen molar-refractivity contribution in [2.75, 3.05) is 0 Å². The van der Waals surface area contributed by atoms with Crippen molar-refractivity contribution in [2.45, 2.75) is 39.5 Å². The minimum Gasteiger partial charge on any atom is -0.256 e. The minimum absolute atomic E-state index is 0.512. The first-order valence-corrected chi connectivity index (χ1v) is 7.19. The molecule has 0 fully saturated rings. The average Bonchev–Trinajstić information content (AvgIpc) is 2.39. The van der Waals surface area contributed by atoms with E-state index >= 15 is 0 Å². The fourth-order valence-electron chi connectivity index (χ4n) is 3.18. The first-order chi connectivity index (χ1) is 9.09. The van der Waals surface area contributed by atoms with Crippen molar-refractivity contribution >= 4 is 17.0 Å². The molecule has 0 amide bonds. The van der Waals surface area contributed by atoms with Gasteiger partial charge in [0.15, 0.2) is 0 Å². The predicted molar refractivity (Wildman–Crippen MR) is 82.4 cm³/mol. The number of rotatable bonds is 2. The molecule has 1 aromatic heterocycles. The topological polar surface area (TPSA) is 12.9 Å². The van der Waals surface area contributed by atoms with Crippen LogP contribution in [-0.2, 0) is 0 Å². The summed E-state index contributed by atoms with van der Waals surface area (Å²) in [6.45, 7) is 9.17. The van der Waals surface area contributed by atoms with Gasteiger partial charge < -0.3 is 0 Å². The summed E-state index contributed by atoms with van der Waals surface area (Å²) in [5.74, 6) is 1.69. The van der Waals surface area contributed by atoms with Crippen LogP contribution in [0.4, 0.5) is 0 Å². The molecule has 1 atom stereocenters. The molecule has 1 heterocycles. The number of allylic oxidation sites excluding steroid dienone is 1. The van der Waals surface area contributed by atoms with Crippen molar-refractivity contribution in [1.82, 2.24) is 4.98 Å². The Bertz CT molecular complexity index is 650. The smallest absolute Gasteiger partial charge is 0.0711 e. The van der Waals surface area contributed by atoms with E-state index in [1.807, 2.05) is 6.20 Å². The van der Waals surface area contributed by atoms with Gasteiger partial charge in [-0.25, -0.2) is 0 Å². The van der Waals surface area contributed by atoms with E-state index in [1.165, 1.54) is 22.1 Å². The van der Waals surface area contributed by atoms with Gasteiger partial charge in [-0.1, -0.05) is 45.9 Å². The molecule has 19 heavy (non-hydrogen) atoms. The van der Waals surface area contributed by atoms with Crippen molar-refractivity contribution in [3.8, 4) is 0 Å². The summed E-state index contributed by atoms with van der Waals surface area (Å²) in [6, 6.07) is 6.57. The van der Waals surface area contributed by atoms with Gasteiger partial charge in [0, 0.05) is 17.5 Å². The van der Waals surface area contributed by atoms with Crippen LogP contribution in [0.2, 0.25) is 0 Å². The maximum atomic E-state index is 4.54. The molecule has 0 radical (unpaired) electrons. The van der Waals surface area contributed by atoms with Gasteiger partial charge in [0.25, 0.3) is 0 Å². The van der Waals surface area contributed by atoms with Gasteiger partial charge in [-0.15, -0.1) is 0 Å². The molecule has 0 saturated heterocycles. The Morgan fingerprint density at radius 1 is 1.05 bits per heavy atom. The van der Waals surface area contributed by atoms with Gasteiger partial charge in [0.05, 0.1) is 5.52 Å². The number of nitrogens with zero attached hydrogens (tertiary/aromatic N) is 1. The van der Waals surface area contributed by atoms with Crippen LogP contribution in [0.3, 0.4) is 0 Å². The summed E-state index contributed by atoms with van der Waals surface area (Å²) in [5.41, 5.74) is 5.43. The van der Waals surface area contributed by atoms with E-state index in [9.17, 15) is 0 Å². The van der Waals surface area contributed by atoms with E-state index in [0.717, 1.165) is 5.52 Å². The number of benzene rings is 1. The molecule has 0 N–H and O–H groups in total. The summed E-state index contributed by atoms with van der Waals surface area (Å²) in [5, 5.41) is 1.37. The third-order valence-corrected chi connectivity index (χ3v) is 4.17. The Labute approximate surface area is 115 Å². The quantitative estimate of drug-likeness (QED) is 0.721. The van der Waals surface area contributed by atoms with Crippen molar-refractivity contribution < 1.29 is 0 Å². The summed E-state index contributed by atoms with van der Waals surface area (Å²) >= 11 is 0. The fourth-order valence-corrected chi connectivity index (χ4v) is 3.18. The molecule has 0 saturated carbocycles. The van der Waals surface area contributed by atoms with E-state index < -0.39 is 0 Å². The number of pyridine rings is 1. The van der Waals surface area contributed by atoms with Crippen molar-refractivity contribution in [1.29, 1.82) is 0 Å². The zero-order valence-electron chi connectivity index (χ0n) is 12.1. The van der Waals surface area contributed by atoms with Gasteiger partial charge >= 0.3 is 0 Å². The Morgan fingerprint density at radius 3 is 2.53 bits per heavy atom. The largest absolute Gasteiger partial charge is 0.256 e. The van der Waals surface area contributed by atoms with E-state index in [0.29, 0.717) is 17.8 Å². The van der Waals surface area contributed by atoms with Gasteiger partial charge in [-0.3, -0.25) is 4.98 Å². The highest BCUT2D eigenvalue weighted by Crippen LogP contribution is 2.41. The van der Waals surface area contributed by atoms with Crippen LogP contribution < -0.4 is 0 Å². The second-order valence-electron chi connectivity index (χ2n) is 6.15.